The Labute approximate surface area is 124 Å². The van der Waals surface area contributed by atoms with Gasteiger partial charge in [-0.2, -0.15) is 4.31 Å². The molecule has 1 aromatic carbocycles. The summed E-state index contributed by atoms with van der Waals surface area (Å²) in [6, 6.07) is 5.04. The van der Waals surface area contributed by atoms with Gasteiger partial charge in [0.15, 0.2) is 11.5 Å². The van der Waals surface area contributed by atoms with E-state index in [1.807, 2.05) is 0 Å². The van der Waals surface area contributed by atoms with Gasteiger partial charge < -0.3 is 14.8 Å². The molecule has 2 unspecified atom stereocenters. The van der Waals surface area contributed by atoms with Crippen LogP contribution >= 0.6 is 0 Å². The van der Waals surface area contributed by atoms with E-state index in [2.05, 4.69) is 5.32 Å². The third-order valence-electron chi connectivity index (χ3n) is 4.51. The maximum atomic E-state index is 13.0. The minimum atomic E-state index is -3.49. The van der Waals surface area contributed by atoms with Crippen LogP contribution in [-0.4, -0.2) is 44.7 Å². The number of hydrogen-bond acceptors (Lipinski definition) is 5. The van der Waals surface area contributed by atoms with Crippen molar-refractivity contribution in [3.8, 4) is 11.5 Å². The highest BCUT2D eigenvalue weighted by molar-refractivity contribution is 7.89. The van der Waals surface area contributed by atoms with Crippen molar-refractivity contribution < 1.29 is 17.9 Å². The Morgan fingerprint density at radius 1 is 1.10 bits per heavy atom. The average Bonchev–Trinajstić information content (AvgIpc) is 3.01. The molecule has 6 nitrogen and oxygen atoms in total. The van der Waals surface area contributed by atoms with Crippen molar-refractivity contribution in [2.24, 2.45) is 0 Å². The fourth-order valence-electron chi connectivity index (χ4n) is 3.49. The SMILES string of the molecule is O=S(=O)(c1ccc2c(c1)OCO2)N1C2CCNCC1CC2. The van der Waals surface area contributed by atoms with Crippen molar-refractivity contribution in [3.63, 3.8) is 0 Å². The quantitative estimate of drug-likeness (QED) is 0.880. The molecule has 7 heteroatoms. The number of benzene rings is 1. The third-order valence-corrected chi connectivity index (χ3v) is 6.51. The molecule has 0 amide bonds. The molecule has 21 heavy (non-hydrogen) atoms. The zero-order valence-electron chi connectivity index (χ0n) is 11.6. The molecule has 1 aromatic rings. The van der Waals surface area contributed by atoms with Crippen LogP contribution in [0.2, 0.25) is 0 Å². The van der Waals surface area contributed by atoms with E-state index >= 15 is 0 Å². The van der Waals surface area contributed by atoms with E-state index in [0.29, 0.717) is 16.4 Å². The minimum absolute atomic E-state index is 0.0629. The van der Waals surface area contributed by atoms with Crippen LogP contribution < -0.4 is 14.8 Å². The summed E-state index contributed by atoms with van der Waals surface area (Å²) >= 11 is 0. The lowest BCUT2D eigenvalue weighted by Crippen LogP contribution is -2.42. The number of ether oxygens (including phenoxy) is 2. The molecule has 0 radical (unpaired) electrons. The highest BCUT2D eigenvalue weighted by atomic mass is 32.2. The molecule has 2 fully saturated rings. The van der Waals surface area contributed by atoms with Gasteiger partial charge in [0.05, 0.1) is 4.90 Å². The Morgan fingerprint density at radius 2 is 1.90 bits per heavy atom. The Morgan fingerprint density at radius 3 is 2.81 bits per heavy atom. The monoisotopic (exact) mass is 310 g/mol. The normalized spacial score (nSPS) is 28.6. The first kappa shape index (κ1) is 13.4. The molecule has 0 aromatic heterocycles. The average molecular weight is 310 g/mol. The summed E-state index contributed by atoms with van der Waals surface area (Å²) in [7, 11) is -3.49. The van der Waals surface area contributed by atoms with E-state index in [0.717, 1.165) is 32.4 Å². The second-order valence-corrected chi connectivity index (χ2v) is 7.57. The molecule has 0 aliphatic carbocycles. The number of rotatable bonds is 2. The molecule has 1 N–H and O–H groups in total. The van der Waals surface area contributed by atoms with Crippen molar-refractivity contribution in [1.29, 1.82) is 0 Å². The number of sulfonamides is 1. The predicted octanol–water partition coefficient (Wildman–Crippen LogP) is 0.930. The van der Waals surface area contributed by atoms with E-state index in [4.69, 9.17) is 9.47 Å². The van der Waals surface area contributed by atoms with Gasteiger partial charge >= 0.3 is 0 Å². The number of nitrogens with zero attached hydrogens (tertiary/aromatic N) is 1. The summed E-state index contributed by atoms with van der Waals surface area (Å²) in [5, 5.41) is 3.32. The number of fused-ring (bicyclic) bond motifs is 3. The molecule has 0 spiro atoms. The van der Waals surface area contributed by atoms with Crippen molar-refractivity contribution in [1.82, 2.24) is 9.62 Å². The maximum Gasteiger partial charge on any atom is 0.243 e. The number of hydrogen-bond donors (Lipinski definition) is 1. The van der Waals surface area contributed by atoms with E-state index in [1.54, 1.807) is 22.5 Å². The molecule has 3 aliphatic heterocycles. The first-order valence-corrected chi connectivity index (χ1v) is 8.74. The minimum Gasteiger partial charge on any atom is -0.454 e. The van der Waals surface area contributed by atoms with Gasteiger partial charge in [-0.3, -0.25) is 0 Å². The Kier molecular flexibility index (Phi) is 3.09. The fraction of sp³-hybridized carbons (Fsp3) is 0.571. The van der Waals surface area contributed by atoms with Crippen LogP contribution in [0.15, 0.2) is 23.1 Å². The van der Waals surface area contributed by atoms with Crippen molar-refractivity contribution in [2.45, 2.75) is 36.2 Å². The zero-order chi connectivity index (χ0) is 14.4. The molecule has 114 valence electrons. The molecule has 2 saturated heterocycles. The predicted molar refractivity (Wildman–Crippen MR) is 75.9 cm³/mol. The van der Waals surface area contributed by atoms with Crippen molar-refractivity contribution in [2.75, 3.05) is 19.9 Å². The molecule has 3 aliphatic rings. The molecule has 3 heterocycles. The first-order chi connectivity index (χ1) is 10.2. The summed E-state index contributed by atoms with van der Waals surface area (Å²) < 4.78 is 38.3. The smallest absolute Gasteiger partial charge is 0.243 e. The van der Waals surface area contributed by atoms with Gasteiger partial charge in [-0.1, -0.05) is 0 Å². The topological polar surface area (TPSA) is 67.9 Å². The van der Waals surface area contributed by atoms with Gasteiger partial charge in [0.2, 0.25) is 16.8 Å². The van der Waals surface area contributed by atoms with Gasteiger partial charge in [0.25, 0.3) is 0 Å². The Bertz CT molecular complexity index is 647. The lowest BCUT2D eigenvalue weighted by atomic mass is 10.1. The van der Waals surface area contributed by atoms with E-state index < -0.39 is 10.0 Å². The molecule has 4 rings (SSSR count). The second kappa shape index (κ2) is 4.86. The van der Waals surface area contributed by atoms with Crippen molar-refractivity contribution >= 4 is 10.0 Å². The maximum absolute atomic E-state index is 13.0. The fourth-order valence-corrected chi connectivity index (χ4v) is 5.41. The second-order valence-electron chi connectivity index (χ2n) is 5.73. The van der Waals surface area contributed by atoms with Gasteiger partial charge in [-0.05, 0) is 37.9 Å². The summed E-state index contributed by atoms with van der Waals surface area (Å²) in [6.07, 6.45) is 2.76. The molecule has 2 atom stereocenters. The highest BCUT2D eigenvalue weighted by Gasteiger charge is 2.43. The lowest BCUT2D eigenvalue weighted by Gasteiger charge is -2.26. The molecule has 0 saturated carbocycles. The van der Waals surface area contributed by atoms with E-state index in [9.17, 15) is 8.42 Å². The van der Waals surface area contributed by atoms with E-state index in [1.165, 1.54) is 0 Å². The zero-order valence-corrected chi connectivity index (χ0v) is 12.4. The van der Waals surface area contributed by atoms with Gasteiger partial charge in [0, 0.05) is 24.7 Å². The van der Waals surface area contributed by atoms with Crippen LogP contribution in [0.5, 0.6) is 11.5 Å². The summed E-state index contributed by atoms with van der Waals surface area (Å²) in [5.41, 5.74) is 0. The van der Waals surface area contributed by atoms with Crippen LogP contribution in [0.4, 0.5) is 0 Å². The third kappa shape index (κ3) is 2.11. The summed E-state index contributed by atoms with van der Waals surface area (Å²) in [4.78, 5) is 0.297. The molecule has 2 bridgehead atoms. The summed E-state index contributed by atoms with van der Waals surface area (Å²) in [6.45, 7) is 1.77. The summed E-state index contributed by atoms with van der Waals surface area (Å²) in [5.74, 6) is 1.12. The lowest BCUT2D eigenvalue weighted by molar-refractivity contribution is 0.174. The van der Waals surface area contributed by atoms with E-state index in [-0.39, 0.29) is 18.9 Å². The highest BCUT2D eigenvalue weighted by Crippen LogP contribution is 2.38. The van der Waals surface area contributed by atoms with Gasteiger partial charge in [-0.15, -0.1) is 0 Å². The van der Waals surface area contributed by atoms with Crippen LogP contribution in [0, 0.1) is 0 Å². The van der Waals surface area contributed by atoms with Crippen LogP contribution in [-0.2, 0) is 10.0 Å². The van der Waals surface area contributed by atoms with Crippen LogP contribution in [0.3, 0.4) is 0 Å². The molecular formula is C14H18N2O4S. The van der Waals surface area contributed by atoms with Gasteiger partial charge in [0.1, 0.15) is 0 Å². The largest absolute Gasteiger partial charge is 0.454 e. The van der Waals surface area contributed by atoms with Crippen LogP contribution in [0.25, 0.3) is 0 Å². The Balaban J connectivity index is 1.73. The molecular weight excluding hydrogens is 292 g/mol. The van der Waals surface area contributed by atoms with Crippen LogP contribution in [0.1, 0.15) is 19.3 Å². The number of nitrogens with one attached hydrogen (secondary N) is 1. The first-order valence-electron chi connectivity index (χ1n) is 7.30. The Hall–Kier alpha value is -1.31. The standard InChI is InChI=1S/C14H18N2O4S/c17-21(18,12-3-4-13-14(7-12)20-9-19-13)16-10-1-2-11(16)8-15-6-5-10/h3-4,7,10-11,15H,1-2,5-6,8-9H2. The van der Waals surface area contributed by atoms with Gasteiger partial charge in [-0.25, -0.2) is 8.42 Å². The van der Waals surface area contributed by atoms with Crippen molar-refractivity contribution in [3.05, 3.63) is 18.2 Å².